The first-order chi connectivity index (χ1) is 7.76. The Bertz CT molecular complexity index is 342. The summed E-state index contributed by atoms with van der Waals surface area (Å²) in [4.78, 5) is 0. The van der Waals surface area contributed by atoms with E-state index in [-0.39, 0.29) is 13.0 Å². The highest BCUT2D eigenvalue weighted by molar-refractivity contribution is 5.31. The van der Waals surface area contributed by atoms with Crippen LogP contribution in [0.1, 0.15) is 13.3 Å². The van der Waals surface area contributed by atoms with Crippen molar-refractivity contribution in [1.82, 2.24) is 0 Å². The largest absolute Gasteiger partial charge is 0.494 e. The second-order valence-electron chi connectivity index (χ2n) is 3.23. The van der Waals surface area contributed by atoms with Gasteiger partial charge in [0.05, 0.1) is 19.1 Å². The van der Waals surface area contributed by atoms with Crippen molar-refractivity contribution in [3.63, 3.8) is 0 Å². The molecule has 1 N–H and O–H groups in total. The monoisotopic (exact) mass is 221 g/mol. The Morgan fingerprint density at radius 3 is 2.31 bits per heavy atom. The topological polar surface area (TPSA) is 62.5 Å². The molecule has 0 saturated carbocycles. The van der Waals surface area contributed by atoms with E-state index in [1.54, 1.807) is 24.3 Å². The molecular weight excluding hydrogens is 206 g/mol. The molecule has 0 heterocycles. The van der Waals surface area contributed by atoms with Gasteiger partial charge in [0.25, 0.3) is 0 Å². The summed E-state index contributed by atoms with van der Waals surface area (Å²) < 4.78 is 10.6. The van der Waals surface area contributed by atoms with Crippen LogP contribution < -0.4 is 9.47 Å². The fourth-order valence-corrected chi connectivity index (χ4v) is 1.16. The highest BCUT2D eigenvalue weighted by atomic mass is 16.5. The molecule has 4 heteroatoms. The minimum absolute atomic E-state index is 0.0804. The summed E-state index contributed by atoms with van der Waals surface area (Å²) in [7, 11) is 0. The molecule has 1 unspecified atom stereocenters. The standard InChI is InChI=1S/C12H15NO3/c1-2-15-11-3-5-12(6-4-11)16-9-10(14)7-8-13/h3-6,10,14H,2,7,9H2,1H3. The van der Waals surface area contributed by atoms with Gasteiger partial charge in [0.2, 0.25) is 0 Å². The Kier molecular flexibility index (Phi) is 5.17. The van der Waals surface area contributed by atoms with E-state index in [9.17, 15) is 5.11 Å². The van der Waals surface area contributed by atoms with Crippen molar-refractivity contribution < 1.29 is 14.6 Å². The third-order valence-corrected chi connectivity index (χ3v) is 1.90. The number of nitriles is 1. The summed E-state index contributed by atoms with van der Waals surface area (Å²) >= 11 is 0. The van der Waals surface area contributed by atoms with Crippen LogP contribution in [-0.4, -0.2) is 24.4 Å². The minimum atomic E-state index is -0.739. The van der Waals surface area contributed by atoms with E-state index >= 15 is 0 Å². The van der Waals surface area contributed by atoms with Gasteiger partial charge in [0.1, 0.15) is 24.2 Å². The number of ether oxygens (including phenoxy) is 2. The Morgan fingerprint density at radius 1 is 1.25 bits per heavy atom. The van der Waals surface area contributed by atoms with Gasteiger partial charge in [-0.05, 0) is 31.2 Å². The fourth-order valence-electron chi connectivity index (χ4n) is 1.16. The average Bonchev–Trinajstić information content (AvgIpc) is 2.29. The maximum absolute atomic E-state index is 9.28. The van der Waals surface area contributed by atoms with Gasteiger partial charge < -0.3 is 14.6 Å². The zero-order chi connectivity index (χ0) is 11.8. The number of hydrogen-bond donors (Lipinski definition) is 1. The number of hydrogen-bond acceptors (Lipinski definition) is 4. The number of benzene rings is 1. The van der Waals surface area contributed by atoms with E-state index in [4.69, 9.17) is 14.7 Å². The summed E-state index contributed by atoms with van der Waals surface area (Å²) in [5.41, 5.74) is 0. The van der Waals surface area contributed by atoms with Crippen LogP contribution in [0.5, 0.6) is 11.5 Å². The highest BCUT2D eigenvalue weighted by Crippen LogP contribution is 2.17. The maximum atomic E-state index is 9.28. The van der Waals surface area contributed by atoms with Crippen LogP contribution >= 0.6 is 0 Å². The predicted octanol–water partition coefficient (Wildman–Crippen LogP) is 1.74. The van der Waals surface area contributed by atoms with Crippen molar-refractivity contribution >= 4 is 0 Å². The minimum Gasteiger partial charge on any atom is -0.494 e. The lowest BCUT2D eigenvalue weighted by Gasteiger charge is -2.10. The molecule has 1 aromatic carbocycles. The van der Waals surface area contributed by atoms with Gasteiger partial charge in [-0.3, -0.25) is 0 Å². The zero-order valence-corrected chi connectivity index (χ0v) is 9.22. The summed E-state index contributed by atoms with van der Waals surface area (Å²) in [5, 5.41) is 17.6. The first kappa shape index (κ1) is 12.3. The maximum Gasteiger partial charge on any atom is 0.119 e. The number of aliphatic hydroxyl groups excluding tert-OH is 1. The van der Waals surface area contributed by atoms with Crippen LogP contribution in [0.25, 0.3) is 0 Å². The number of aliphatic hydroxyl groups is 1. The van der Waals surface area contributed by atoms with Crippen LogP contribution in [0, 0.1) is 11.3 Å². The Morgan fingerprint density at radius 2 is 1.81 bits per heavy atom. The molecule has 4 nitrogen and oxygen atoms in total. The van der Waals surface area contributed by atoms with Gasteiger partial charge >= 0.3 is 0 Å². The molecule has 1 atom stereocenters. The van der Waals surface area contributed by atoms with Crippen LogP contribution in [0.2, 0.25) is 0 Å². The Hall–Kier alpha value is -1.73. The van der Waals surface area contributed by atoms with Crippen LogP contribution in [0.3, 0.4) is 0 Å². The van der Waals surface area contributed by atoms with Gasteiger partial charge in [-0.15, -0.1) is 0 Å². The van der Waals surface area contributed by atoms with E-state index in [0.717, 1.165) is 5.75 Å². The normalized spacial score (nSPS) is 11.6. The molecule has 16 heavy (non-hydrogen) atoms. The van der Waals surface area contributed by atoms with E-state index < -0.39 is 6.10 Å². The molecule has 86 valence electrons. The molecule has 0 radical (unpaired) electrons. The number of rotatable bonds is 6. The van der Waals surface area contributed by atoms with E-state index in [2.05, 4.69) is 0 Å². The van der Waals surface area contributed by atoms with E-state index in [1.807, 2.05) is 13.0 Å². The smallest absolute Gasteiger partial charge is 0.119 e. The Labute approximate surface area is 95.0 Å². The van der Waals surface area contributed by atoms with Gasteiger partial charge in [0.15, 0.2) is 0 Å². The molecule has 0 aliphatic heterocycles. The first-order valence-electron chi connectivity index (χ1n) is 5.17. The molecule has 0 aliphatic rings. The van der Waals surface area contributed by atoms with E-state index in [0.29, 0.717) is 12.4 Å². The van der Waals surface area contributed by atoms with Crippen molar-refractivity contribution in [3.05, 3.63) is 24.3 Å². The summed E-state index contributed by atoms with van der Waals surface area (Å²) in [5.74, 6) is 1.44. The first-order valence-corrected chi connectivity index (χ1v) is 5.17. The average molecular weight is 221 g/mol. The Balaban J connectivity index is 2.40. The second-order valence-corrected chi connectivity index (χ2v) is 3.23. The molecule has 1 rings (SSSR count). The lowest BCUT2D eigenvalue weighted by molar-refractivity contribution is 0.111. The molecule has 0 bridgehead atoms. The zero-order valence-electron chi connectivity index (χ0n) is 9.22. The molecule has 0 aromatic heterocycles. The van der Waals surface area contributed by atoms with Gasteiger partial charge in [-0.2, -0.15) is 5.26 Å². The van der Waals surface area contributed by atoms with Crippen molar-refractivity contribution in [1.29, 1.82) is 5.26 Å². The lowest BCUT2D eigenvalue weighted by atomic mass is 10.3. The van der Waals surface area contributed by atoms with Crippen molar-refractivity contribution in [2.75, 3.05) is 13.2 Å². The van der Waals surface area contributed by atoms with E-state index in [1.165, 1.54) is 0 Å². The predicted molar refractivity (Wildman–Crippen MR) is 59.3 cm³/mol. The quantitative estimate of drug-likeness (QED) is 0.794. The number of nitrogens with zero attached hydrogens (tertiary/aromatic N) is 1. The summed E-state index contributed by atoms with van der Waals surface area (Å²) in [6.45, 7) is 2.67. The van der Waals surface area contributed by atoms with Crippen LogP contribution in [0.15, 0.2) is 24.3 Å². The second kappa shape index (κ2) is 6.70. The van der Waals surface area contributed by atoms with Crippen molar-refractivity contribution in [3.8, 4) is 17.6 Å². The fraction of sp³-hybridized carbons (Fsp3) is 0.417. The molecule has 0 fully saturated rings. The SMILES string of the molecule is CCOc1ccc(OCC(O)CC#N)cc1. The van der Waals surface area contributed by atoms with Crippen molar-refractivity contribution in [2.24, 2.45) is 0 Å². The third-order valence-electron chi connectivity index (χ3n) is 1.90. The molecule has 0 aliphatic carbocycles. The van der Waals surface area contributed by atoms with Gasteiger partial charge in [0, 0.05) is 0 Å². The highest BCUT2D eigenvalue weighted by Gasteiger charge is 2.04. The van der Waals surface area contributed by atoms with Crippen molar-refractivity contribution in [2.45, 2.75) is 19.4 Å². The molecular formula is C12H15NO3. The van der Waals surface area contributed by atoms with Gasteiger partial charge in [-0.25, -0.2) is 0 Å². The van der Waals surface area contributed by atoms with Crippen LogP contribution in [0.4, 0.5) is 0 Å². The summed E-state index contributed by atoms with van der Waals surface area (Å²) in [6.07, 6.45) is -0.659. The molecule has 0 saturated heterocycles. The van der Waals surface area contributed by atoms with Crippen LogP contribution in [-0.2, 0) is 0 Å². The molecule has 0 amide bonds. The third kappa shape index (κ3) is 4.20. The lowest BCUT2D eigenvalue weighted by Crippen LogP contribution is -2.16. The molecule has 1 aromatic rings. The molecule has 0 spiro atoms. The van der Waals surface area contributed by atoms with Gasteiger partial charge in [-0.1, -0.05) is 0 Å². The summed E-state index contributed by atoms with van der Waals surface area (Å²) in [6, 6.07) is 9.02.